The molecule has 0 radical (unpaired) electrons. The van der Waals surface area contributed by atoms with Crippen molar-refractivity contribution in [1.82, 2.24) is 14.5 Å². The van der Waals surface area contributed by atoms with Gasteiger partial charge >= 0.3 is 0 Å². The number of H-pyrrole nitrogens is 1. The van der Waals surface area contributed by atoms with Crippen molar-refractivity contribution in [1.29, 1.82) is 0 Å². The smallest absolute Gasteiger partial charge is 0.261 e. The van der Waals surface area contributed by atoms with Crippen LogP contribution in [0.1, 0.15) is 0 Å². The average molecular weight is 190 g/mol. The Labute approximate surface area is 70.4 Å². The van der Waals surface area contributed by atoms with E-state index < -0.39 is 10.0 Å². The van der Waals surface area contributed by atoms with Crippen LogP contribution in [0, 0.1) is 0 Å². The monoisotopic (exact) mass is 190 g/mol. The molecule has 3 N–H and O–H groups in total. The molecule has 0 fully saturated rings. The summed E-state index contributed by atoms with van der Waals surface area (Å²) in [6.07, 6.45) is 1.26. The molecule has 0 aliphatic rings. The maximum atomic E-state index is 11.4. The normalized spacial score (nSPS) is 12.2. The molecule has 1 aromatic heterocycles. The van der Waals surface area contributed by atoms with E-state index in [1.54, 1.807) is 0 Å². The number of nitrogens with one attached hydrogen (secondary N) is 1. The van der Waals surface area contributed by atoms with Gasteiger partial charge in [0, 0.05) is 14.1 Å². The lowest BCUT2D eigenvalue weighted by Gasteiger charge is -2.08. The average Bonchev–Trinajstić information content (AvgIpc) is 2.35. The van der Waals surface area contributed by atoms with Gasteiger partial charge in [0.1, 0.15) is 0 Å². The van der Waals surface area contributed by atoms with Gasteiger partial charge in [-0.2, -0.15) is 5.10 Å². The summed E-state index contributed by atoms with van der Waals surface area (Å²) in [5.41, 5.74) is 5.49. The molecule has 7 heteroatoms. The zero-order valence-corrected chi connectivity index (χ0v) is 7.59. The molecule has 0 bridgehead atoms. The molecule has 12 heavy (non-hydrogen) atoms. The van der Waals surface area contributed by atoms with Crippen molar-refractivity contribution < 1.29 is 8.42 Å². The first-order valence-corrected chi connectivity index (χ1v) is 4.61. The number of nitrogens with two attached hydrogens (primary N) is 1. The van der Waals surface area contributed by atoms with Crippen LogP contribution in [0.3, 0.4) is 0 Å². The van der Waals surface area contributed by atoms with Gasteiger partial charge in [0.15, 0.2) is 5.03 Å². The summed E-state index contributed by atoms with van der Waals surface area (Å²) in [4.78, 5) is 0. The zero-order chi connectivity index (χ0) is 9.35. The standard InChI is InChI=1S/C5H10N4O2S/c1-9(2)12(10,11)5-4(6)3-7-8-5/h3H,6H2,1-2H3,(H,7,8). The first-order valence-electron chi connectivity index (χ1n) is 3.17. The Morgan fingerprint density at radius 2 is 2.17 bits per heavy atom. The van der Waals surface area contributed by atoms with Gasteiger partial charge in [0.05, 0.1) is 11.9 Å². The second-order valence-corrected chi connectivity index (χ2v) is 4.53. The van der Waals surface area contributed by atoms with E-state index in [0.29, 0.717) is 0 Å². The minimum absolute atomic E-state index is 0.0625. The maximum Gasteiger partial charge on any atom is 0.261 e. The minimum Gasteiger partial charge on any atom is -0.395 e. The van der Waals surface area contributed by atoms with E-state index in [1.807, 2.05) is 0 Å². The Morgan fingerprint density at radius 1 is 1.58 bits per heavy atom. The van der Waals surface area contributed by atoms with E-state index in [2.05, 4.69) is 10.2 Å². The summed E-state index contributed by atoms with van der Waals surface area (Å²) >= 11 is 0. The molecule has 1 rings (SSSR count). The van der Waals surface area contributed by atoms with E-state index in [9.17, 15) is 8.42 Å². The fourth-order valence-electron chi connectivity index (χ4n) is 0.673. The fourth-order valence-corrected chi connectivity index (χ4v) is 1.56. The van der Waals surface area contributed by atoms with Crippen molar-refractivity contribution in [3.8, 4) is 0 Å². The van der Waals surface area contributed by atoms with E-state index in [0.717, 1.165) is 4.31 Å². The summed E-state index contributed by atoms with van der Waals surface area (Å²) < 4.78 is 23.8. The highest BCUT2D eigenvalue weighted by Crippen LogP contribution is 2.15. The number of hydrogen-bond donors (Lipinski definition) is 2. The van der Waals surface area contributed by atoms with Crippen molar-refractivity contribution in [3.05, 3.63) is 6.20 Å². The van der Waals surface area contributed by atoms with Crippen LogP contribution < -0.4 is 5.73 Å². The Morgan fingerprint density at radius 3 is 2.50 bits per heavy atom. The number of nitrogen functional groups attached to an aromatic ring is 1. The maximum absolute atomic E-state index is 11.4. The highest BCUT2D eigenvalue weighted by molar-refractivity contribution is 7.89. The minimum atomic E-state index is -3.47. The van der Waals surface area contributed by atoms with E-state index in [1.165, 1.54) is 20.3 Å². The molecule has 0 atom stereocenters. The topological polar surface area (TPSA) is 92.1 Å². The number of aromatic nitrogens is 2. The molecule has 68 valence electrons. The Bertz CT molecular complexity index is 367. The summed E-state index contributed by atoms with van der Waals surface area (Å²) in [5, 5.41) is 5.77. The lowest BCUT2D eigenvalue weighted by atomic mass is 10.6. The lowest BCUT2D eigenvalue weighted by Crippen LogP contribution is -2.23. The number of sulfonamides is 1. The second kappa shape index (κ2) is 2.76. The molecule has 0 aromatic carbocycles. The van der Waals surface area contributed by atoms with E-state index in [4.69, 9.17) is 5.73 Å². The van der Waals surface area contributed by atoms with Crippen molar-refractivity contribution in [2.45, 2.75) is 5.03 Å². The van der Waals surface area contributed by atoms with Gasteiger partial charge in [-0.3, -0.25) is 5.10 Å². The van der Waals surface area contributed by atoms with Crippen molar-refractivity contribution in [2.75, 3.05) is 19.8 Å². The first kappa shape index (κ1) is 9.01. The van der Waals surface area contributed by atoms with Crippen LogP contribution in [0.5, 0.6) is 0 Å². The molecule has 0 amide bonds. The Hall–Kier alpha value is -1.08. The third-order valence-corrected chi connectivity index (χ3v) is 3.17. The highest BCUT2D eigenvalue weighted by Gasteiger charge is 2.21. The molecule has 1 aromatic rings. The molecule has 0 spiro atoms. The summed E-state index contributed by atoms with van der Waals surface area (Å²) in [6, 6.07) is 0. The van der Waals surface area contributed by atoms with Crippen molar-refractivity contribution in [3.63, 3.8) is 0 Å². The highest BCUT2D eigenvalue weighted by atomic mass is 32.2. The van der Waals surface area contributed by atoms with Gasteiger partial charge in [-0.15, -0.1) is 0 Å². The largest absolute Gasteiger partial charge is 0.395 e. The predicted octanol–water partition coefficient (Wildman–Crippen LogP) is -0.758. The molecule has 1 heterocycles. The Kier molecular flexibility index (Phi) is 2.07. The summed E-state index contributed by atoms with van der Waals surface area (Å²) in [6.45, 7) is 0. The molecule has 0 saturated heterocycles. The molecule has 0 aliphatic carbocycles. The molecular weight excluding hydrogens is 180 g/mol. The Balaban J connectivity index is 3.24. The van der Waals surface area contributed by atoms with Gasteiger partial charge in [0.25, 0.3) is 10.0 Å². The number of anilines is 1. The molecule has 0 saturated carbocycles. The van der Waals surface area contributed by atoms with Crippen LogP contribution in [0.4, 0.5) is 5.69 Å². The SMILES string of the molecule is CN(C)S(=O)(=O)c1[nH]ncc1N. The third kappa shape index (κ3) is 1.28. The van der Waals surface area contributed by atoms with Gasteiger partial charge in [-0.25, -0.2) is 12.7 Å². The van der Waals surface area contributed by atoms with Crippen LogP contribution in [0.25, 0.3) is 0 Å². The van der Waals surface area contributed by atoms with E-state index >= 15 is 0 Å². The van der Waals surface area contributed by atoms with Crippen molar-refractivity contribution in [2.24, 2.45) is 0 Å². The molecule has 0 unspecified atom stereocenters. The number of rotatable bonds is 2. The van der Waals surface area contributed by atoms with Crippen LogP contribution in [-0.4, -0.2) is 37.0 Å². The van der Waals surface area contributed by atoms with Crippen LogP contribution >= 0.6 is 0 Å². The van der Waals surface area contributed by atoms with Crippen molar-refractivity contribution >= 4 is 15.7 Å². The second-order valence-electron chi connectivity index (χ2n) is 2.44. The summed E-state index contributed by atoms with van der Waals surface area (Å²) in [5.74, 6) is 0. The number of hydrogen-bond acceptors (Lipinski definition) is 4. The van der Waals surface area contributed by atoms with Gasteiger partial charge < -0.3 is 5.73 Å². The van der Waals surface area contributed by atoms with Gasteiger partial charge in [-0.05, 0) is 0 Å². The summed E-state index contributed by atoms with van der Waals surface area (Å²) in [7, 11) is -0.622. The van der Waals surface area contributed by atoms with Crippen LogP contribution in [0.15, 0.2) is 11.2 Å². The quantitative estimate of drug-likeness (QED) is 0.641. The molecule has 6 nitrogen and oxygen atoms in total. The van der Waals surface area contributed by atoms with Gasteiger partial charge in [-0.1, -0.05) is 0 Å². The lowest BCUT2D eigenvalue weighted by molar-refractivity contribution is 0.517. The first-order chi connectivity index (χ1) is 5.46. The molecular formula is C5H10N4O2S. The van der Waals surface area contributed by atoms with E-state index in [-0.39, 0.29) is 10.7 Å². The van der Waals surface area contributed by atoms with Crippen LogP contribution in [-0.2, 0) is 10.0 Å². The number of nitrogens with zero attached hydrogens (tertiary/aromatic N) is 2. The van der Waals surface area contributed by atoms with Gasteiger partial charge in [0.2, 0.25) is 0 Å². The molecule has 0 aliphatic heterocycles. The number of aromatic amines is 1. The third-order valence-electron chi connectivity index (χ3n) is 1.37. The zero-order valence-electron chi connectivity index (χ0n) is 6.77. The van der Waals surface area contributed by atoms with Crippen LogP contribution in [0.2, 0.25) is 0 Å². The predicted molar refractivity (Wildman–Crippen MR) is 43.9 cm³/mol. The fraction of sp³-hybridized carbons (Fsp3) is 0.400.